The van der Waals surface area contributed by atoms with Crippen molar-refractivity contribution < 1.29 is 24.1 Å². The summed E-state index contributed by atoms with van der Waals surface area (Å²) in [6.07, 6.45) is -1.61. The van der Waals surface area contributed by atoms with Gasteiger partial charge in [0.25, 0.3) is 0 Å². The number of halogens is 2. The summed E-state index contributed by atoms with van der Waals surface area (Å²) in [7, 11) is 0. The topological polar surface area (TPSA) is 66.8 Å². The number of aliphatic hydroxyl groups excluding tert-OH is 1. The summed E-state index contributed by atoms with van der Waals surface area (Å²) in [5, 5.41) is 17.2. The highest BCUT2D eigenvalue weighted by Crippen LogP contribution is 2.20. The van der Waals surface area contributed by atoms with E-state index in [1.807, 2.05) is 0 Å². The minimum atomic E-state index is -1.61. The molecule has 0 aromatic heterocycles. The third-order valence-corrected chi connectivity index (χ3v) is 2.23. The van der Waals surface area contributed by atoms with Crippen LogP contribution < -0.4 is 4.74 Å². The average Bonchev–Trinajstić information content (AvgIpc) is 2.19. The number of ether oxygens (including phenoxy) is 1. The Morgan fingerprint density at radius 2 is 2.27 bits per heavy atom. The van der Waals surface area contributed by atoms with Crippen LogP contribution in [0.3, 0.4) is 0 Å². The van der Waals surface area contributed by atoms with Crippen LogP contribution in [0.5, 0.6) is 5.75 Å². The number of hydrogen-bond donors (Lipinski definition) is 2. The van der Waals surface area contributed by atoms with Gasteiger partial charge >= 0.3 is 5.97 Å². The van der Waals surface area contributed by atoms with Crippen LogP contribution >= 0.6 is 15.9 Å². The second-order valence-corrected chi connectivity index (χ2v) is 3.60. The van der Waals surface area contributed by atoms with Gasteiger partial charge < -0.3 is 14.9 Å². The predicted molar refractivity (Wildman–Crippen MR) is 53.2 cm³/mol. The lowest BCUT2D eigenvalue weighted by atomic mass is 10.3. The number of hydrogen-bond acceptors (Lipinski definition) is 3. The zero-order valence-corrected chi connectivity index (χ0v) is 9.07. The van der Waals surface area contributed by atoms with Gasteiger partial charge in [0.05, 0.1) is 4.47 Å². The number of benzene rings is 1. The Labute approximate surface area is 93.4 Å². The molecule has 0 radical (unpaired) electrons. The maximum absolute atomic E-state index is 13.0. The zero-order chi connectivity index (χ0) is 11.4. The highest BCUT2D eigenvalue weighted by Gasteiger charge is 2.13. The van der Waals surface area contributed by atoms with Crippen LogP contribution in [0.15, 0.2) is 22.7 Å². The molecule has 0 aliphatic rings. The molecule has 15 heavy (non-hydrogen) atoms. The zero-order valence-electron chi connectivity index (χ0n) is 7.48. The fourth-order valence-corrected chi connectivity index (χ4v) is 1.06. The largest absolute Gasteiger partial charge is 0.490 e. The molecule has 1 rings (SSSR count). The van der Waals surface area contributed by atoms with Crippen LogP contribution in [-0.2, 0) is 4.79 Å². The molecule has 1 atom stereocenters. The van der Waals surface area contributed by atoms with E-state index in [2.05, 4.69) is 15.9 Å². The Morgan fingerprint density at radius 1 is 1.60 bits per heavy atom. The van der Waals surface area contributed by atoms with Crippen LogP contribution in [0.4, 0.5) is 4.39 Å². The summed E-state index contributed by atoms with van der Waals surface area (Å²) in [6, 6.07) is 3.98. The summed E-state index contributed by atoms with van der Waals surface area (Å²) in [6.45, 7) is -0.420. The first-order valence-corrected chi connectivity index (χ1v) is 4.78. The Bertz CT molecular complexity index is 369. The fourth-order valence-electron chi connectivity index (χ4n) is 0.813. The first kappa shape index (κ1) is 11.9. The number of carboxylic acids is 1. The second-order valence-electron chi connectivity index (χ2n) is 2.74. The first-order valence-electron chi connectivity index (χ1n) is 3.99. The predicted octanol–water partition coefficient (Wildman–Crippen LogP) is 1.41. The Hall–Kier alpha value is -1.14. The normalized spacial score (nSPS) is 12.2. The lowest BCUT2D eigenvalue weighted by Crippen LogP contribution is -2.26. The summed E-state index contributed by atoms with van der Waals surface area (Å²) in [5.41, 5.74) is 0. The van der Waals surface area contributed by atoms with Gasteiger partial charge in [0, 0.05) is 6.07 Å². The van der Waals surface area contributed by atoms with Crippen molar-refractivity contribution in [1.82, 2.24) is 0 Å². The molecule has 2 N–H and O–H groups in total. The van der Waals surface area contributed by atoms with E-state index < -0.39 is 24.5 Å². The Morgan fingerprint density at radius 3 is 2.80 bits per heavy atom. The van der Waals surface area contributed by atoms with Crippen LogP contribution in [0.2, 0.25) is 0 Å². The van der Waals surface area contributed by atoms with Crippen molar-refractivity contribution in [2.75, 3.05) is 6.61 Å². The average molecular weight is 279 g/mol. The van der Waals surface area contributed by atoms with Gasteiger partial charge in [-0.3, -0.25) is 0 Å². The lowest BCUT2D eigenvalue weighted by molar-refractivity contribution is -0.148. The van der Waals surface area contributed by atoms with E-state index in [-0.39, 0.29) is 10.2 Å². The molecule has 0 unspecified atom stereocenters. The van der Waals surface area contributed by atoms with E-state index in [0.717, 1.165) is 6.07 Å². The van der Waals surface area contributed by atoms with E-state index in [1.54, 1.807) is 0 Å². The van der Waals surface area contributed by atoms with Gasteiger partial charge in [0.15, 0.2) is 6.10 Å². The quantitative estimate of drug-likeness (QED) is 0.874. The third kappa shape index (κ3) is 3.49. The highest BCUT2D eigenvalue weighted by molar-refractivity contribution is 9.10. The van der Waals surface area contributed by atoms with E-state index in [0.29, 0.717) is 0 Å². The van der Waals surface area contributed by atoms with Gasteiger partial charge in [-0.15, -0.1) is 0 Å². The molecule has 82 valence electrons. The molecule has 6 heteroatoms. The summed E-state index contributed by atoms with van der Waals surface area (Å²) in [4.78, 5) is 10.2. The maximum atomic E-state index is 13.0. The van der Waals surface area contributed by atoms with Gasteiger partial charge in [-0.25, -0.2) is 9.18 Å². The third-order valence-electron chi connectivity index (χ3n) is 1.58. The smallest absolute Gasteiger partial charge is 0.336 e. The Balaban J connectivity index is 2.58. The molecule has 0 fully saturated rings. The van der Waals surface area contributed by atoms with Crippen molar-refractivity contribution in [3.05, 3.63) is 28.5 Å². The molecule has 0 aliphatic carbocycles. The van der Waals surface area contributed by atoms with Crippen molar-refractivity contribution >= 4 is 21.9 Å². The van der Waals surface area contributed by atoms with Gasteiger partial charge in [-0.1, -0.05) is 0 Å². The highest BCUT2D eigenvalue weighted by atomic mass is 79.9. The maximum Gasteiger partial charge on any atom is 0.336 e. The molecule has 0 amide bonds. The molecule has 0 spiro atoms. The minimum absolute atomic E-state index is 0.163. The lowest BCUT2D eigenvalue weighted by Gasteiger charge is -2.08. The van der Waals surface area contributed by atoms with Gasteiger partial charge in [0.1, 0.15) is 18.2 Å². The number of rotatable bonds is 4. The molecule has 0 aliphatic heterocycles. The summed E-state index contributed by atoms with van der Waals surface area (Å²) >= 11 is 2.96. The molecule has 0 saturated heterocycles. The molecule has 0 heterocycles. The molecular formula is C9H8BrFO4. The molecule has 0 saturated carbocycles. The van der Waals surface area contributed by atoms with E-state index in [9.17, 15) is 9.18 Å². The van der Waals surface area contributed by atoms with E-state index in [4.69, 9.17) is 14.9 Å². The van der Waals surface area contributed by atoms with Crippen LogP contribution in [0.25, 0.3) is 0 Å². The second kappa shape index (κ2) is 5.09. The van der Waals surface area contributed by atoms with Crippen molar-refractivity contribution in [2.45, 2.75) is 6.10 Å². The first-order chi connectivity index (χ1) is 7.00. The van der Waals surface area contributed by atoms with Crippen molar-refractivity contribution in [3.63, 3.8) is 0 Å². The van der Waals surface area contributed by atoms with Gasteiger partial charge in [-0.2, -0.15) is 0 Å². The molecule has 0 bridgehead atoms. The van der Waals surface area contributed by atoms with Gasteiger partial charge in [0.2, 0.25) is 0 Å². The minimum Gasteiger partial charge on any atom is -0.490 e. The van der Waals surface area contributed by atoms with Crippen molar-refractivity contribution in [2.24, 2.45) is 0 Å². The van der Waals surface area contributed by atoms with Crippen LogP contribution in [0, 0.1) is 5.82 Å². The Kier molecular flexibility index (Phi) is 4.05. The van der Waals surface area contributed by atoms with E-state index >= 15 is 0 Å². The summed E-state index contributed by atoms with van der Waals surface area (Å²) < 4.78 is 18.1. The number of aliphatic hydroxyl groups is 1. The SMILES string of the molecule is O=C(O)[C@H](O)COc1ccc(Br)c(F)c1. The monoisotopic (exact) mass is 278 g/mol. The number of aliphatic carboxylic acids is 1. The van der Waals surface area contributed by atoms with E-state index in [1.165, 1.54) is 12.1 Å². The number of carboxylic acid groups (broad SMARTS) is 1. The summed E-state index contributed by atoms with van der Waals surface area (Å²) in [5.74, 6) is -1.74. The van der Waals surface area contributed by atoms with Crippen molar-refractivity contribution in [3.8, 4) is 5.75 Å². The van der Waals surface area contributed by atoms with Crippen LogP contribution in [-0.4, -0.2) is 28.9 Å². The molecular weight excluding hydrogens is 271 g/mol. The van der Waals surface area contributed by atoms with Crippen molar-refractivity contribution in [1.29, 1.82) is 0 Å². The standard InChI is InChI=1S/C9H8BrFO4/c10-6-2-1-5(3-7(6)11)15-4-8(12)9(13)14/h1-3,8,12H,4H2,(H,13,14)/t8-/m1/s1. The molecule has 4 nitrogen and oxygen atoms in total. The van der Waals surface area contributed by atoms with Crippen LogP contribution in [0.1, 0.15) is 0 Å². The molecule has 1 aromatic rings. The van der Waals surface area contributed by atoms with Gasteiger partial charge in [-0.05, 0) is 28.1 Å². The molecule has 1 aromatic carbocycles. The fraction of sp³-hybridized carbons (Fsp3) is 0.222. The number of carbonyl (C=O) groups is 1.